The maximum Gasteiger partial charge on any atom is 0.409 e. The standard InChI is InChI=1S/C18H26N2O4/c1-5-23-16-12-13(3)15(11-14(16)4)17(21)19-7-9-20(10-8-19)18(22)24-6-2/h11-12H,5-10H2,1-4H3. The maximum absolute atomic E-state index is 12.8. The molecule has 0 bridgehead atoms. The second-order valence-electron chi connectivity index (χ2n) is 5.84. The monoisotopic (exact) mass is 334 g/mol. The molecule has 0 N–H and O–H groups in total. The molecule has 0 radical (unpaired) electrons. The number of carbonyl (C=O) groups excluding carboxylic acids is 2. The van der Waals surface area contributed by atoms with Gasteiger partial charge in [0.2, 0.25) is 0 Å². The summed E-state index contributed by atoms with van der Waals surface area (Å²) in [6.07, 6.45) is -0.308. The van der Waals surface area contributed by atoms with Gasteiger partial charge in [0.1, 0.15) is 5.75 Å². The number of carbonyl (C=O) groups is 2. The van der Waals surface area contributed by atoms with E-state index in [9.17, 15) is 9.59 Å². The highest BCUT2D eigenvalue weighted by atomic mass is 16.6. The smallest absolute Gasteiger partial charge is 0.409 e. The van der Waals surface area contributed by atoms with Crippen LogP contribution in [0.2, 0.25) is 0 Å². The normalized spacial score (nSPS) is 14.5. The molecule has 1 aromatic rings. The van der Waals surface area contributed by atoms with Crippen molar-refractivity contribution >= 4 is 12.0 Å². The van der Waals surface area contributed by atoms with Crippen LogP contribution in [-0.4, -0.2) is 61.2 Å². The first-order chi connectivity index (χ1) is 11.5. The summed E-state index contributed by atoms with van der Waals surface area (Å²) in [6, 6.07) is 3.81. The minimum Gasteiger partial charge on any atom is -0.494 e. The van der Waals surface area contributed by atoms with Gasteiger partial charge in [0.25, 0.3) is 5.91 Å². The van der Waals surface area contributed by atoms with Crippen LogP contribution in [0.25, 0.3) is 0 Å². The molecule has 0 saturated carbocycles. The van der Waals surface area contributed by atoms with Crippen LogP contribution >= 0.6 is 0 Å². The van der Waals surface area contributed by atoms with Crippen molar-refractivity contribution < 1.29 is 19.1 Å². The van der Waals surface area contributed by atoms with E-state index < -0.39 is 0 Å². The third-order valence-electron chi connectivity index (χ3n) is 4.15. The van der Waals surface area contributed by atoms with Crippen molar-refractivity contribution in [1.82, 2.24) is 9.80 Å². The largest absolute Gasteiger partial charge is 0.494 e. The van der Waals surface area contributed by atoms with Gasteiger partial charge in [-0.2, -0.15) is 0 Å². The molecule has 0 spiro atoms. The van der Waals surface area contributed by atoms with Crippen molar-refractivity contribution in [2.45, 2.75) is 27.7 Å². The Kier molecular flexibility index (Phi) is 6.06. The molecule has 2 rings (SSSR count). The maximum atomic E-state index is 12.8. The number of ether oxygens (including phenoxy) is 2. The summed E-state index contributed by atoms with van der Waals surface area (Å²) in [7, 11) is 0. The first kappa shape index (κ1) is 18.1. The van der Waals surface area contributed by atoms with E-state index in [0.29, 0.717) is 45.0 Å². The molecule has 6 nitrogen and oxygen atoms in total. The molecule has 0 atom stereocenters. The third kappa shape index (κ3) is 3.99. The number of hydrogen-bond donors (Lipinski definition) is 0. The highest BCUT2D eigenvalue weighted by Gasteiger charge is 2.26. The van der Waals surface area contributed by atoms with Crippen molar-refractivity contribution in [3.8, 4) is 5.75 Å². The van der Waals surface area contributed by atoms with E-state index in [2.05, 4.69) is 0 Å². The Morgan fingerprint density at radius 2 is 1.58 bits per heavy atom. The molecule has 24 heavy (non-hydrogen) atoms. The van der Waals surface area contributed by atoms with Gasteiger partial charge in [0, 0.05) is 31.7 Å². The van der Waals surface area contributed by atoms with Crippen LogP contribution in [-0.2, 0) is 4.74 Å². The lowest BCUT2D eigenvalue weighted by Gasteiger charge is -2.34. The number of benzene rings is 1. The second kappa shape index (κ2) is 8.04. The van der Waals surface area contributed by atoms with Crippen LogP contribution in [0.15, 0.2) is 12.1 Å². The van der Waals surface area contributed by atoms with Crippen LogP contribution in [0.4, 0.5) is 4.79 Å². The van der Waals surface area contributed by atoms with Gasteiger partial charge in [-0.15, -0.1) is 0 Å². The Hall–Kier alpha value is -2.24. The Morgan fingerprint density at radius 3 is 2.17 bits per heavy atom. The van der Waals surface area contributed by atoms with E-state index in [0.717, 1.165) is 16.9 Å². The van der Waals surface area contributed by atoms with Crippen molar-refractivity contribution in [2.24, 2.45) is 0 Å². The second-order valence-corrected chi connectivity index (χ2v) is 5.84. The fourth-order valence-corrected chi connectivity index (χ4v) is 2.81. The van der Waals surface area contributed by atoms with Crippen LogP contribution in [0, 0.1) is 13.8 Å². The zero-order valence-electron chi connectivity index (χ0n) is 14.9. The Bertz CT molecular complexity index is 607. The molecular formula is C18H26N2O4. The van der Waals surface area contributed by atoms with Crippen molar-refractivity contribution in [3.05, 3.63) is 28.8 Å². The zero-order chi connectivity index (χ0) is 17.7. The predicted molar refractivity (Wildman–Crippen MR) is 91.6 cm³/mol. The minimum atomic E-state index is -0.308. The van der Waals surface area contributed by atoms with Crippen LogP contribution in [0.3, 0.4) is 0 Å². The third-order valence-corrected chi connectivity index (χ3v) is 4.15. The van der Waals surface area contributed by atoms with E-state index in [1.54, 1.807) is 16.7 Å². The summed E-state index contributed by atoms with van der Waals surface area (Å²) >= 11 is 0. The van der Waals surface area contributed by atoms with E-state index in [-0.39, 0.29) is 12.0 Å². The number of piperazine rings is 1. The van der Waals surface area contributed by atoms with Gasteiger partial charge in [0.05, 0.1) is 13.2 Å². The van der Waals surface area contributed by atoms with Gasteiger partial charge >= 0.3 is 6.09 Å². The van der Waals surface area contributed by atoms with Crippen LogP contribution in [0.1, 0.15) is 35.3 Å². The van der Waals surface area contributed by atoms with Gasteiger partial charge < -0.3 is 19.3 Å². The van der Waals surface area contributed by atoms with Crippen molar-refractivity contribution in [3.63, 3.8) is 0 Å². The first-order valence-electron chi connectivity index (χ1n) is 8.42. The quantitative estimate of drug-likeness (QED) is 0.849. The Morgan fingerprint density at radius 1 is 0.958 bits per heavy atom. The van der Waals surface area contributed by atoms with Crippen LogP contribution < -0.4 is 4.74 Å². The van der Waals surface area contributed by atoms with Crippen LogP contribution in [0.5, 0.6) is 5.75 Å². The zero-order valence-corrected chi connectivity index (χ0v) is 14.9. The Balaban J connectivity index is 2.05. The molecule has 1 fully saturated rings. The summed E-state index contributed by atoms with van der Waals surface area (Å²) in [5, 5.41) is 0. The van der Waals surface area contributed by atoms with Gasteiger partial charge in [-0.25, -0.2) is 4.79 Å². The summed E-state index contributed by atoms with van der Waals surface area (Å²) in [5.74, 6) is 0.820. The summed E-state index contributed by atoms with van der Waals surface area (Å²) in [5.41, 5.74) is 2.55. The fraction of sp³-hybridized carbons (Fsp3) is 0.556. The van der Waals surface area contributed by atoms with Gasteiger partial charge in [0.15, 0.2) is 0 Å². The predicted octanol–water partition coefficient (Wildman–Crippen LogP) is 2.62. The highest BCUT2D eigenvalue weighted by Crippen LogP contribution is 2.24. The molecule has 2 amide bonds. The minimum absolute atomic E-state index is 0.00200. The van der Waals surface area contributed by atoms with E-state index >= 15 is 0 Å². The summed E-state index contributed by atoms with van der Waals surface area (Å²) in [4.78, 5) is 28.0. The topological polar surface area (TPSA) is 59.1 Å². The molecular weight excluding hydrogens is 308 g/mol. The lowest BCUT2D eigenvalue weighted by Crippen LogP contribution is -2.50. The molecule has 0 aliphatic carbocycles. The number of aryl methyl sites for hydroxylation is 2. The number of nitrogens with zero attached hydrogens (tertiary/aromatic N) is 2. The number of hydrogen-bond acceptors (Lipinski definition) is 4. The molecule has 1 heterocycles. The molecule has 1 aromatic carbocycles. The van der Waals surface area contributed by atoms with Crippen molar-refractivity contribution in [2.75, 3.05) is 39.4 Å². The summed E-state index contributed by atoms with van der Waals surface area (Å²) in [6.45, 7) is 10.6. The lowest BCUT2D eigenvalue weighted by molar-refractivity contribution is 0.0569. The van der Waals surface area contributed by atoms with Gasteiger partial charge in [-0.3, -0.25) is 4.79 Å². The molecule has 0 aromatic heterocycles. The molecule has 1 aliphatic rings. The fourth-order valence-electron chi connectivity index (χ4n) is 2.81. The lowest BCUT2D eigenvalue weighted by atomic mass is 10.0. The average Bonchev–Trinajstić information content (AvgIpc) is 2.58. The molecule has 132 valence electrons. The average molecular weight is 334 g/mol. The van der Waals surface area contributed by atoms with E-state index in [1.165, 1.54) is 0 Å². The molecule has 1 saturated heterocycles. The molecule has 0 unspecified atom stereocenters. The van der Waals surface area contributed by atoms with E-state index in [1.807, 2.05) is 32.9 Å². The SMILES string of the molecule is CCOC(=O)N1CCN(C(=O)c2cc(C)c(OCC)cc2C)CC1. The number of rotatable bonds is 4. The number of amides is 2. The summed E-state index contributed by atoms with van der Waals surface area (Å²) < 4.78 is 10.6. The molecule has 6 heteroatoms. The first-order valence-corrected chi connectivity index (χ1v) is 8.42. The molecule has 1 aliphatic heterocycles. The van der Waals surface area contributed by atoms with Gasteiger partial charge in [-0.1, -0.05) is 0 Å². The Labute approximate surface area is 143 Å². The van der Waals surface area contributed by atoms with Gasteiger partial charge in [-0.05, 0) is 51.0 Å². The van der Waals surface area contributed by atoms with E-state index in [4.69, 9.17) is 9.47 Å². The van der Waals surface area contributed by atoms with Crippen molar-refractivity contribution in [1.29, 1.82) is 0 Å². The highest BCUT2D eigenvalue weighted by molar-refractivity contribution is 5.96.